The fourth-order valence-corrected chi connectivity index (χ4v) is 4.25. The Morgan fingerprint density at radius 3 is 2.17 bits per heavy atom. The SMILES string of the molecule is CC(=O)[C@H](Cc1ccc(C#Cc2ccccc2)cc1)NC(=O)CNC(=O)[C@H](N=C(N)N)C1CCCC1. The first-order valence-electron chi connectivity index (χ1n) is 12.1. The number of ketones is 1. The molecule has 8 nitrogen and oxygen atoms in total. The summed E-state index contributed by atoms with van der Waals surface area (Å²) in [6, 6.07) is 15.8. The Morgan fingerprint density at radius 2 is 1.58 bits per heavy atom. The zero-order chi connectivity index (χ0) is 25.9. The molecule has 2 aromatic carbocycles. The molecule has 0 bridgehead atoms. The van der Waals surface area contributed by atoms with Crippen LogP contribution in [0.3, 0.4) is 0 Å². The number of carbonyl (C=O) groups is 3. The van der Waals surface area contributed by atoms with E-state index < -0.39 is 23.9 Å². The Labute approximate surface area is 211 Å². The van der Waals surface area contributed by atoms with E-state index in [0.29, 0.717) is 6.42 Å². The maximum atomic E-state index is 12.7. The molecule has 0 aromatic heterocycles. The summed E-state index contributed by atoms with van der Waals surface area (Å²) in [6.45, 7) is 1.16. The summed E-state index contributed by atoms with van der Waals surface area (Å²) in [6.07, 6.45) is 4.11. The lowest BCUT2D eigenvalue weighted by molar-refractivity contribution is -0.129. The van der Waals surface area contributed by atoms with Gasteiger partial charge >= 0.3 is 0 Å². The number of guanidine groups is 1. The second kappa shape index (κ2) is 13.1. The molecule has 0 radical (unpaired) electrons. The summed E-state index contributed by atoms with van der Waals surface area (Å²) in [5.41, 5.74) is 13.7. The van der Waals surface area contributed by atoms with Crippen molar-refractivity contribution in [3.63, 3.8) is 0 Å². The Morgan fingerprint density at radius 1 is 0.972 bits per heavy atom. The number of aliphatic imine (C=N–C) groups is 1. The summed E-state index contributed by atoms with van der Waals surface area (Å²) >= 11 is 0. The highest BCUT2D eigenvalue weighted by Crippen LogP contribution is 2.29. The molecule has 0 saturated heterocycles. The molecule has 1 aliphatic rings. The number of amides is 2. The van der Waals surface area contributed by atoms with Crippen molar-refractivity contribution >= 4 is 23.6 Å². The molecule has 0 heterocycles. The van der Waals surface area contributed by atoms with Crippen molar-refractivity contribution in [1.29, 1.82) is 0 Å². The highest BCUT2D eigenvalue weighted by molar-refractivity contribution is 5.92. The van der Waals surface area contributed by atoms with E-state index in [-0.39, 0.29) is 24.2 Å². The van der Waals surface area contributed by atoms with Gasteiger partial charge in [0.2, 0.25) is 11.8 Å². The number of nitrogens with one attached hydrogen (secondary N) is 2. The van der Waals surface area contributed by atoms with Gasteiger partial charge < -0.3 is 22.1 Å². The number of hydrogen-bond donors (Lipinski definition) is 4. The lowest BCUT2D eigenvalue weighted by Gasteiger charge is -2.20. The van der Waals surface area contributed by atoms with Crippen molar-refractivity contribution in [3.05, 3.63) is 71.3 Å². The zero-order valence-electron chi connectivity index (χ0n) is 20.5. The monoisotopic (exact) mass is 487 g/mol. The summed E-state index contributed by atoms with van der Waals surface area (Å²) in [5, 5.41) is 5.33. The molecule has 3 rings (SSSR count). The van der Waals surface area contributed by atoms with Crippen LogP contribution in [0.2, 0.25) is 0 Å². The minimum Gasteiger partial charge on any atom is -0.370 e. The highest BCUT2D eigenvalue weighted by Gasteiger charge is 2.31. The van der Waals surface area contributed by atoms with Crippen LogP contribution in [0.15, 0.2) is 59.6 Å². The van der Waals surface area contributed by atoms with Crippen LogP contribution in [-0.4, -0.2) is 42.2 Å². The molecular weight excluding hydrogens is 454 g/mol. The predicted octanol–water partition coefficient (Wildman–Crippen LogP) is 1.65. The third-order valence-electron chi connectivity index (χ3n) is 6.17. The van der Waals surface area contributed by atoms with Crippen molar-refractivity contribution < 1.29 is 14.4 Å². The van der Waals surface area contributed by atoms with Gasteiger partial charge in [-0.1, -0.05) is 55.0 Å². The van der Waals surface area contributed by atoms with Crippen LogP contribution in [0.25, 0.3) is 0 Å². The second-order valence-corrected chi connectivity index (χ2v) is 9.01. The average molecular weight is 488 g/mol. The summed E-state index contributed by atoms with van der Waals surface area (Å²) in [7, 11) is 0. The van der Waals surface area contributed by atoms with E-state index in [9.17, 15) is 14.4 Å². The molecule has 8 heteroatoms. The maximum Gasteiger partial charge on any atom is 0.245 e. The largest absolute Gasteiger partial charge is 0.370 e. The van der Waals surface area contributed by atoms with E-state index in [0.717, 1.165) is 42.4 Å². The fraction of sp³-hybridized carbons (Fsp3) is 0.357. The van der Waals surface area contributed by atoms with Gasteiger partial charge in [-0.3, -0.25) is 14.4 Å². The van der Waals surface area contributed by atoms with Gasteiger partial charge in [0, 0.05) is 11.1 Å². The van der Waals surface area contributed by atoms with E-state index in [4.69, 9.17) is 11.5 Å². The molecule has 188 valence electrons. The van der Waals surface area contributed by atoms with Crippen LogP contribution in [-0.2, 0) is 20.8 Å². The first-order valence-corrected chi connectivity index (χ1v) is 12.1. The summed E-state index contributed by atoms with van der Waals surface area (Å²) in [5.74, 6) is 5.10. The summed E-state index contributed by atoms with van der Waals surface area (Å²) < 4.78 is 0. The number of nitrogens with zero attached hydrogens (tertiary/aromatic N) is 1. The molecule has 36 heavy (non-hydrogen) atoms. The molecule has 2 aromatic rings. The lowest BCUT2D eigenvalue weighted by Crippen LogP contribution is -2.48. The predicted molar refractivity (Wildman–Crippen MR) is 140 cm³/mol. The van der Waals surface area contributed by atoms with Gasteiger partial charge in [0.1, 0.15) is 6.04 Å². The van der Waals surface area contributed by atoms with Gasteiger partial charge in [-0.25, -0.2) is 4.99 Å². The normalized spacial score (nSPS) is 14.6. The van der Waals surface area contributed by atoms with Crippen LogP contribution in [0, 0.1) is 17.8 Å². The van der Waals surface area contributed by atoms with Gasteiger partial charge in [-0.2, -0.15) is 0 Å². The van der Waals surface area contributed by atoms with Crippen LogP contribution in [0.1, 0.15) is 49.3 Å². The number of nitrogens with two attached hydrogens (primary N) is 2. The number of carbonyl (C=O) groups excluding carboxylic acids is 3. The topological polar surface area (TPSA) is 140 Å². The molecule has 0 unspecified atom stereocenters. The first-order chi connectivity index (χ1) is 17.3. The number of Topliss-reactive ketones (excluding diaryl/α,β-unsaturated/α-hetero) is 1. The highest BCUT2D eigenvalue weighted by atomic mass is 16.2. The Bertz CT molecular complexity index is 1140. The van der Waals surface area contributed by atoms with Crippen LogP contribution >= 0.6 is 0 Å². The zero-order valence-corrected chi connectivity index (χ0v) is 20.5. The molecular formula is C28H33N5O3. The molecule has 0 aliphatic heterocycles. The van der Waals surface area contributed by atoms with Crippen LogP contribution < -0.4 is 22.1 Å². The van der Waals surface area contributed by atoms with Gasteiger partial charge in [0.05, 0.1) is 12.6 Å². The molecule has 0 spiro atoms. The van der Waals surface area contributed by atoms with E-state index in [1.54, 1.807) is 0 Å². The van der Waals surface area contributed by atoms with Crippen molar-refractivity contribution in [2.45, 2.75) is 51.1 Å². The first kappa shape index (κ1) is 26.5. The Balaban J connectivity index is 1.54. The number of hydrogen-bond acceptors (Lipinski definition) is 4. The van der Waals surface area contributed by atoms with E-state index >= 15 is 0 Å². The Kier molecular flexibility index (Phi) is 9.64. The minimum atomic E-state index is -0.711. The van der Waals surface area contributed by atoms with Crippen molar-refractivity contribution in [2.75, 3.05) is 6.54 Å². The number of benzene rings is 2. The summed E-state index contributed by atoms with van der Waals surface area (Å²) in [4.78, 5) is 41.4. The lowest BCUT2D eigenvalue weighted by atomic mass is 9.98. The van der Waals surface area contributed by atoms with E-state index in [1.807, 2.05) is 54.6 Å². The Hall–Kier alpha value is -4.12. The van der Waals surface area contributed by atoms with Crippen molar-refractivity contribution in [1.82, 2.24) is 10.6 Å². The van der Waals surface area contributed by atoms with Gasteiger partial charge in [0.15, 0.2) is 11.7 Å². The molecule has 2 amide bonds. The van der Waals surface area contributed by atoms with Gasteiger partial charge in [-0.05, 0) is 61.9 Å². The third-order valence-corrected chi connectivity index (χ3v) is 6.17. The standard InChI is InChI=1S/C28H33N5O3/c1-19(34)24(17-22-15-13-21(14-16-22)12-11-20-7-3-2-4-8-20)32-25(35)18-31-27(36)26(33-28(29)30)23-9-5-6-10-23/h2-4,7-8,13-16,23-24,26H,5-6,9-10,17-18H2,1H3,(H,31,36)(H,32,35)(H4,29,30,33)/t24-,26+/m0/s1. The smallest absolute Gasteiger partial charge is 0.245 e. The average Bonchev–Trinajstić information content (AvgIpc) is 3.40. The van der Waals surface area contributed by atoms with Crippen LogP contribution in [0.4, 0.5) is 0 Å². The number of rotatable bonds is 9. The maximum absolute atomic E-state index is 12.7. The van der Waals surface area contributed by atoms with Crippen molar-refractivity contribution in [2.24, 2.45) is 22.4 Å². The molecule has 2 atom stereocenters. The van der Waals surface area contributed by atoms with Crippen molar-refractivity contribution in [3.8, 4) is 11.8 Å². The fourth-order valence-electron chi connectivity index (χ4n) is 4.25. The quantitative estimate of drug-likeness (QED) is 0.242. The van der Waals surface area contributed by atoms with Crippen LogP contribution in [0.5, 0.6) is 0 Å². The van der Waals surface area contributed by atoms with E-state index in [2.05, 4.69) is 27.5 Å². The molecule has 6 N–H and O–H groups in total. The second-order valence-electron chi connectivity index (χ2n) is 9.01. The van der Waals surface area contributed by atoms with Gasteiger partial charge in [0.25, 0.3) is 0 Å². The third kappa shape index (κ3) is 8.27. The molecule has 1 saturated carbocycles. The molecule has 1 aliphatic carbocycles. The minimum absolute atomic E-state index is 0.0560. The van der Waals surface area contributed by atoms with Gasteiger partial charge in [-0.15, -0.1) is 0 Å². The molecule has 1 fully saturated rings. The van der Waals surface area contributed by atoms with E-state index in [1.165, 1.54) is 6.92 Å².